The molecule has 214 valence electrons. The highest BCUT2D eigenvalue weighted by molar-refractivity contribution is 5.97. The fraction of sp³-hybridized carbons (Fsp3) is 0.300. The van der Waals surface area contributed by atoms with E-state index >= 15 is 0 Å². The smallest absolute Gasteiger partial charge is 0.326 e. The maximum absolute atomic E-state index is 13.9. The van der Waals surface area contributed by atoms with Crippen molar-refractivity contribution in [2.24, 2.45) is 0 Å². The Morgan fingerprint density at radius 3 is 1.88 bits per heavy atom. The average molecular weight is 558 g/mol. The van der Waals surface area contributed by atoms with Crippen molar-refractivity contribution in [2.45, 2.75) is 39.8 Å². The minimum Gasteiger partial charge on any atom is -0.496 e. The zero-order chi connectivity index (χ0) is 29.8. The molecule has 0 heterocycles. The van der Waals surface area contributed by atoms with Crippen LogP contribution in [-0.4, -0.2) is 49.6 Å². The van der Waals surface area contributed by atoms with Gasteiger partial charge in [0.2, 0.25) is 0 Å². The number of carbonyl (C=O) groups excluding carboxylic acids is 2. The van der Waals surface area contributed by atoms with Crippen molar-refractivity contribution in [1.29, 1.82) is 0 Å². The molecular weight excluding hydrogens is 524 g/mol. The maximum Gasteiger partial charge on any atom is 0.326 e. The van der Waals surface area contributed by atoms with Gasteiger partial charge in [-0.2, -0.15) is 0 Å². The van der Waals surface area contributed by atoms with E-state index in [1.54, 1.807) is 38.5 Å². The summed E-state index contributed by atoms with van der Waals surface area (Å²) in [4.78, 5) is 33.6. The molecule has 3 aromatic rings. The van der Waals surface area contributed by atoms with Crippen molar-refractivity contribution in [3.8, 4) is 22.6 Å². The normalized spacial score (nSPS) is 11.1. The summed E-state index contributed by atoms with van der Waals surface area (Å²) >= 11 is 0. The lowest BCUT2D eigenvalue weighted by molar-refractivity contribution is -0.139. The number of halogens is 2. The number of hydrogen-bond donors (Lipinski definition) is 2. The number of carboxylic acids is 1. The van der Waals surface area contributed by atoms with Gasteiger partial charge in [0, 0.05) is 13.0 Å². The Morgan fingerprint density at radius 1 is 0.900 bits per heavy atom. The second kappa shape index (κ2) is 15.3. The van der Waals surface area contributed by atoms with Crippen LogP contribution in [0.2, 0.25) is 0 Å². The number of ketones is 1. The van der Waals surface area contributed by atoms with Crippen molar-refractivity contribution >= 4 is 17.7 Å². The molecule has 1 atom stereocenters. The first-order valence-corrected chi connectivity index (χ1v) is 12.4. The number of aliphatic carboxylic acids is 1. The Hall–Kier alpha value is -4.31. The second-order valence-electron chi connectivity index (χ2n) is 8.78. The Labute approximate surface area is 231 Å². The third-order valence-electron chi connectivity index (χ3n) is 5.51. The number of ether oxygens (including phenoxy) is 3. The van der Waals surface area contributed by atoms with E-state index in [-0.39, 0.29) is 12.2 Å². The van der Waals surface area contributed by atoms with Crippen LogP contribution in [0.1, 0.15) is 42.3 Å². The summed E-state index contributed by atoms with van der Waals surface area (Å²) in [6.07, 6.45) is -0.0982. The van der Waals surface area contributed by atoms with Crippen molar-refractivity contribution in [1.82, 2.24) is 5.32 Å². The first-order chi connectivity index (χ1) is 19.0. The summed E-state index contributed by atoms with van der Waals surface area (Å²) in [7, 11) is 3.10. The first kappa shape index (κ1) is 31.9. The Morgan fingerprint density at radius 2 is 1.43 bits per heavy atom. The molecule has 8 nitrogen and oxygen atoms in total. The summed E-state index contributed by atoms with van der Waals surface area (Å²) in [5.74, 6) is -3.29. The van der Waals surface area contributed by atoms with Crippen LogP contribution < -0.4 is 14.8 Å². The SMILES string of the molecule is CC(C)=O.CCOCc1cc(OC)c(-c2ccc(C[C@H](NC(=O)c3c(F)cccc3F)C(=O)O)cc2)c(OC)c1. The molecule has 40 heavy (non-hydrogen) atoms. The Kier molecular flexibility index (Phi) is 12.2. The summed E-state index contributed by atoms with van der Waals surface area (Å²) in [6.45, 7) is 5.94. The molecule has 0 saturated heterocycles. The van der Waals surface area contributed by atoms with E-state index in [1.165, 1.54) is 13.8 Å². The topological polar surface area (TPSA) is 111 Å². The number of benzene rings is 3. The van der Waals surface area contributed by atoms with E-state index in [2.05, 4.69) is 5.32 Å². The van der Waals surface area contributed by atoms with E-state index in [4.69, 9.17) is 14.2 Å². The van der Waals surface area contributed by atoms with Gasteiger partial charge in [0.1, 0.15) is 40.5 Å². The quantitative estimate of drug-likeness (QED) is 0.333. The molecule has 0 fully saturated rings. The number of methoxy groups -OCH3 is 2. The molecule has 1 amide bonds. The molecule has 0 aliphatic rings. The largest absolute Gasteiger partial charge is 0.496 e. The van der Waals surface area contributed by atoms with Crippen LogP contribution in [-0.2, 0) is 27.4 Å². The number of rotatable bonds is 11. The number of amides is 1. The van der Waals surface area contributed by atoms with Crippen molar-refractivity contribution in [3.05, 3.63) is 82.9 Å². The highest BCUT2D eigenvalue weighted by atomic mass is 19.1. The van der Waals surface area contributed by atoms with E-state index < -0.39 is 35.1 Å². The van der Waals surface area contributed by atoms with Crippen LogP contribution in [0.3, 0.4) is 0 Å². The number of hydrogen-bond acceptors (Lipinski definition) is 6. The van der Waals surface area contributed by atoms with E-state index in [1.807, 2.05) is 19.1 Å². The highest BCUT2D eigenvalue weighted by Gasteiger charge is 2.25. The molecule has 3 rings (SSSR count). The highest BCUT2D eigenvalue weighted by Crippen LogP contribution is 2.40. The van der Waals surface area contributed by atoms with Gasteiger partial charge in [-0.05, 0) is 61.7 Å². The van der Waals surface area contributed by atoms with Gasteiger partial charge in [-0.15, -0.1) is 0 Å². The number of carboxylic acid groups (broad SMARTS) is 1. The van der Waals surface area contributed by atoms with Gasteiger partial charge in [-0.3, -0.25) is 4.79 Å². The molecule has 0 aromatic heterocycles. The van der Waals surface area contributed by atoms with Gasteiger partial charge in [0.15, 0.2) is 0 Å². The second-order valence-corrected chi connectivity index (χ2v) is 8.78. The molecule has 0 aliphatic carbocycles. The maximum atomic E-state index is 13.9. The molecular formula is C30H33F2NO7. The van der Waals surface area contributed by atoms with Gasteiger partial charge < -0.3 is 29.4 Å². The van der Waals surface area contributed by atoms with Crippen LogP contribution in [0.5, 0.6) is 11.5 Å². The van der Waals surface area contributed by atoms with Crippen LogP contribution in [0.4, 0.5) is 8.78 Å². The predicted molar refractivity (Wildman–Crippen MR) is 146 cm³/mol. The summed E-state index contributed by atoms with van der Waals surface area (Å²) < 4.78 is 44.5. The lowest BCUT2D eigenvalue weighted by Gasteiger charge is -2.17. The zero-order valence-electron chi connectivity index (χ0n) is 23.0. The fourth-order valence-corrected chi connectivity index (χ4v) is 3.74. The van der Waals surface area contributed by atoms with Crippen LogP contribution in [0.25, 0.3) is 11.1 Å². The van der Waals surface area contributed by atoms with Crippen molar-refractivity contribution < 1.29 is 42.5 Å². The summed E-state index contributed by atoms with van der Waals surface area (Å²) in [5, 5.41) is 11.8. The molecule has 0 spiro atoms. The lowest BCUT2D eigenvalue weighted by Crippen LogP contribution is -2.42. The number of nitrogens with one attached hydrogen (secondary N) is 1. The first-order valence-electron chi connectivity index (χ1n) is 12.4. The van der Waals surface area contributed by atoms with E-state index in [0.29, 0.717) is 35.8 Å². The minimum absolute atomic E-state index is 0.0982. The van der Waals surface area contributed by atoms with Crippen molar-refractivity contribution in [3.63, 3.8) is 0 Å². The van der Waals surface area contributed by atoms with Gasteiger partial charge >= 0.3 is 5.97 Å². The fourth-order valence-electron chi connectivity index (χ4n) is 3.74. The number of carbonyl (C=O) groups is 3. The molecule has 3 aromatic carbocycles. The molecule has 0 saturated carbocycles. The van der Waals surface area contributed by atoms with Crippen LogP contribution in [0, 0.1) is 11.6 Å². The third kappa shape index (κ3) is 8.88. The molecule has 10 heteroatoms. The monoisotopic (exact) mass is 557 g/mol. The lowest BCUT2D eigenvalue weighted by atomic mass is 9.98. The van der Waals surface area contributed by atoms with E-state index in [0.717, 1.165) is 29.3 Å². The van der Waals surface area contributed by atoms with Crippen LogP contribution >= 0.6 is 0 Å². The Bertz CT molecular complexity index is 1280. The predicted octanol–water partition coefficient (Wildman–Crippen LogP) is 5.21. The standard InChI is InChI=1S/C27H27F2NO6.C3H6O/c1-4-36-15-17-13-22(34-2)24(23(14-17)35-3)18-10-8-16(9-11-18)12-21(27(32)33)30-26(31)25-19(28)6-5-7-20(25)29;1-3(2)4/h5-11,13-14,21H,4,12,15H2,1-3H3,(H,30,31)(H,32,33);1-2H3/t21-;/m0./s1. The van der Waals surface area contributed by atoms with Gasteiger partial charge in [-0.25, -0.2) is 13.6 Å². The van der Waals surface area contributed by atoms with E-state index in [9.17, 15) is 28.3 Å². The van der Waals surface area contributed by atoms with Crippen molar-refractivity contribution in [2.75, 3.05) is 20.8 Å². The molecule has 0 unspecified atom stereocenters. The average Bonchev–Trinajstić information content (AvgIpc) is 2.91. The molecule has 0 aliphatic heterocycles. The third-order valence-corrected chi connectivity index (χ3v) is 5.51. The van der Waals surface area contributed by atoms with Crippen LogP contribution in [0.15, 0.2) is 54.6 Å². The zero-order valence-corrected chi connectivity index (χ0v) is 23.0. The minimum atomic E-state index is -1.40. The summed E-state index contributed by atoms with van der Waals surface area (Å²) in [5.41, 5.74) is 2.12. The van der Waals surface area contributed by atoms with Gasteiger partial charge in [0.25, 0.3) is 5.91 Å². The number of Topliss-reactive ketones (excluding diaryl/α,β-unsaturated/α-hetero) is 1. The molecule has 2 N–H and O–H groups in total. The van der Waals surface area contributed by atoms with Gasteiger partial charge in [-0.1, -0.05) is 30.3 Å². The van der Waals surface area contributed by atoms with Gasteiger partial charge in [0.05, 0.1) is 26.4 Å². The molecule has 0 radical (unpaired) electrons. The summed E-state index contributed by atoms with van der Waals surface area (Å²) in [6, 6.07) is 12.3. The molecule has 0 bridgehead atoms. The Balaban J connectivity index is 0.00000131.